The molecule has 0 spiro atoms. The highest BCUT2D eigenvalue weighted by Gasteiger charge is 2.49. The molecule has 1 aromatic rings. The second-order valence-corrected chi connectivity index (χ2v) is 6.84. The third-order valence-corrected chi connectivity index (χ3v) is 5.30. The van der Waals surface area contributed by atoms with E-state index in [2.05, 4.69) is 11.1 Å². The average Bonchev–Trinajstić information content (AvgIpc) is 2.67. The summed E-state index contributed by atoms with van der Waals surface area (Å²) in [4.78, 5) is 20.4. The number of aromatic nitrogens is 1. The molecule has 1 saturated heterocycles. The van der Waals surface area contributed by atoms with Gasteiger partial charge in [0.25, 0.3) is 0 Å². The Labute approximate surface area is 150 Å². The first-order chi connectivity index (χ1) is 12.4. The molecule has 8 heteroatoms. The summed E-state index contributed by atoms with van der Waals surface area (Å²) in [5, 5.41) is 9.18. The second kappa shape index (κ2) is 7.52. The Bertz CT molecular complexity index is 692. The van der Waals surface area contributed by atoms with E-state index < -0.39 is 18.0 Å². The van der Waals surface area contributed by atoms with Crippen LogP contribution >= 0.6 is 0 Å². The molecule has 1 saturated carbocycles. The monoisotopic (exact) mass is 366 g/mol. The molecule has 2 unspecified atom stereocenters. The first-order valence-corrected chi connectivity index (χ1v) is 8.87. The zero-order valence-electron chi connectivity index (χ0n) is 14.4. The van der Waals surface area contributed by atoms with Crippen molar-refractivity contribution in [3.05, 3.63) is 23.9 Å². The third kappa shape index (κ3) is 3.76. The van der Waals surface area contributed by atoms with Gasteiger partial charge in [-0.2, -0.15) is 18.4 Å². The van der Waals surface area contributed by atoms with Crippen LogP contribution < -0.4 is 4.90 Å². The van der Waals surface area contributed by atoms with Crippen molar-refractivity contribution in [2.24, 2.45) is 11.8 Å². The topological polar surface area (TPSA) is 60.2 Å². The fraction of sp³-hybridized carbons (Fsp3) is 0.611. The number of carbonyl (C=O) groups is 1. The van der Waals surface area contributed by atoms with Crippen molar-refractivity contribution in [1.82, 2.24) is 9.88 Å². The Kier molecular flexibility index (Phi) is 5.35. The molecule has 5 nitrogen and oxygen atoms in total. The lowest BCUT2D eigenvalue weighted by Gasteiger charge is -2.40. The van der Waals surface area contributed by atoms with Gasteiger partial charge in [0.15, 0.2) is 0 Å². The Balaban J connectivity index is 1.66. The van der Waals surface area contributed by atoms with Crippen LogP contribution in [0.2, 0.25) is 0 Å². The predicted molar refractivity (Wildman–Crippen MR) is 89.2 cm³/mol. The molecule has 2 fully saturated rings. The SMILES string of the molecule is N#Cc1cccnc1N1CCN(C(=O)C2CCCCC2C(F)(F)F)CC1. The van der Waals surface area contributed by atoms with Gasteiger partial charge in [-0.05, 0) is 25.0 Å². The van der Waals surface area contributed by atoms with Crippen molar-refractivity contribution in [2.45, 2.75) is 31.9 Å². The molecule has 1 aliphatic heterocycles. The summed E-state index contributed by atoms with van der Waals surface area (Å²) < 4.78 is 39.8. The first-order valence-electron chi connectivity index (χ1n) is 8.87. The normalized spacial score (nSPS) is 24.2. The molecule has 1 aromatic heterocycles. The van der Waals surface area contributed by atoms with Crippen LogP contribution in [0, 0.1) is 23.2 Å². The van der Waals surface area contributed by atoms with E-state index in [4.69, 9.17) is 0 Å². The number of rotatable bonds is 2. The van der Waals surface area contributed by atoms with Crippen molar-refractivity contribution in [2.75, 3.05) is 31.1 Å². The molecule has 140 valence electrons. The third-order valence-electron chi connectivity index (χ3n) is 5.30. The number of piperazine rings is 1. The fourth-order valence-corrected chi connectivity index (χ4v) is 3.93. The van der Waals surface area contributed by atoms with Crippen LogP contribution in [0.4, 0.5) is 19.0 Å². The Morgan fingerprint density at radius 1 is 1.19 bits per heavy atom. The molecular weight excluding hydrogens is 345 g/mol. The standard InChI is InChI=1S/C18H21F3N4O/c19-18(20,21)15-6-2-1-5-14(15)17(26)25-10-8-24(9-11-25)16-13(12-22)4-3-7-23-16/h3-4,7,14-15H,1-2,5-6,8-11H2. The van der Waals surface area contributed by atoms with Gasteiger partial charge in [-0.15, -0.1) is 0 Å². The van der Waals surface area contributed by atoms with Crippen LogP contribution in [0.1, 0.15) is 31.2 Å². The minimum Gasteiger partial charge on any atom is -0.352 e. The van der Waals surface area contributed by atoms with Gasteiger partial charge in [-0.25, -0.2) is 4.98 Å². The molecule has 1 amide bonds. The van der Waals surface area contributed by atoms with Crippen molar-refractivity contribution in [3.63, 3.8) is 0 Å². The molecule has 2 heterocycles. The van der Waals surface area contributed by atoms with Gasteiger partial charge < -0.3 is 9.80 Å². The molecule has 26 heavy (non-hydrogen) atoms. The highest BCUT2D eigenvalue weighted by Crippen LogP contribution is 2.42. The number of anilines is 1. The maximum Gasteiger partial charge on any atom is 0.392 e. The summed E-state index contributed by atoms with van der Waals surface area (Å²) in [6.07, 6.45) is -1.18. The van der Waals surface area contributed by atoms with Crippen LogP contribution in [-0.4, -0.2) is 48.1 Å². The predicted octanol–water partition coefficient (Wildman–Crippen LogP) is 2.97. The van der Waals surface area contributed by atoms with Gasteiger partial charge in [0, 0.05) is 38.3 Å². The van der Waals surface area contributed by atoms with E-state index in [1.165, 1.54) is 0 Å². The summed E-state index contributed by atoms with van der Waals surface area (Å²) in [7, 11) is 0. The number of pyridine rings is 1. The zero-order chi connectivity index (χ0) is 18.7. The van der Waals surface area contributed by atoms with E-state index in [0.29, 0.717) is 56.8 Å². The van der Waals surface area contributed by atoms with E-state index in [1.807, 2.05) is 4.90 Å². The number of amides is 1. The van der Waals surface area contributed by atoms with E-state index in [0.717, 1.165) is 0 Å². The van der Waals surface area contributed by atoms with Gasteiger partial charge in [0.1, 0.15) is 11.9 Å². The Morgan fingerprint density at radius 3 is 2.54 bits per heavy atom. The van der Waals surface area contributed by atoms with E-state index in [-0.39, 0.29) is 12.3 Å². The number of hydrogen-bond acceptors (Lipinski definition) is 4. The van der Waals surface area contributed by atoms with Gasteiger partial charge in [0.2, 0.25) is 5.91 Å². The first kappa shape index (κ1) is 18.5. The quantitative estimate of drug-likeness (QED) is 0.807. The average molecular weight is 366 g/mol. The van der Waals surface area contributed by atoms with Crippen LogP contribution in [-0.2, 0) is 4.79 Å². The lowest BCUT2D eigenvalue weighted by molar-refractivity contribution is -0.201. The molecule has 1 aliphatic carbocycles. The smallest absolute Gasteiger partial charge is 0.352 e. The highest BCUT2D eigenvalue weighted by atomic mass is 19.4. The summed E-state index contributed by atoms with van der Waals surface area (Å²) >= 11 is 0. The van der Waals surface area contributed by atoms with Crippen molar-refractivity contribution >= 4 is 11.7 Å². The maximum atomic E-state index is 13.3. The van der Waals surface area contributed by atoms with Crippen molar-refractivity contribution in [3.8, 4) is 6.07 Å². The van der Waals surface area contributed by atoms with Crippen molar-refractivity contribution in [1.29, 1.82) is 5.26 Å². The van der Waals surface area contributed by atoms with E-state index in [9.17, 15) is 23.2 Å². The largest absolute Gasteiger partial charge is 0.392 e. The lowest BCUT2D eigenvalue weighted by atomic mass is 9.78. The Morgan fingerprint density at radius 2 is 1.88 bits per heavy atom. The van der Waals surface area contributed by atoms with Crippen LogP contribution in [0.5, 0.6) is 0 Å². The number of nitriles is 1. The fourth-order valence-electron chi connectivity index (χ4n) is 3.93. The van der Waals surface area contributed by atoms with E-state index in [1.54, 1.807) is 23.2 Å². The molecule has 2 aliphatic rings. The van der Waals surface area contributed by atoms with Crippen LogP contribution in [0.15, 0.2) is 18.3 Å². The van der Waals surface area contributed by atoms with Gasteiger partial charge >= 0.3 is 6.18 Å². The van der Waals surface area contributed by atoms with Gasteiger partial charge in [-0.3, -0.25) is 4.79 Å². The number of alkyl halides is 3. The molecule has 3 rings (SSSR count). The number of nitrogens with zero attached hydrogens (tertiary/aromatic N) is 4. The number of hydrogen-bond donors (Lipinski definition) is 0. The second-order valence-electron chi connectivity index (χ2n) is 6.84. The van der Waals surface area contributed by atoms with Crippen LogP contribution in [0.25, 0.3) is 0 Å². The minimum absolute atomic E-state index is 0.0410. The number of halogens is 3. The molecular formula is C18H21F3N4O. The molecule has 0 bridgehead atoms. The minimum atomic E-state index is -4.32. The number of carbonyl (C=O) groups excluding carboxylic acids is 1. The maximum absolute atomic E-state index is 13.3. The summed E-state index contributed by atoms with van der Waals surface area (Å²) in [5.74, 6) is -2.30. The molecule has 0 radical (unpaired) electrons. The van der Waals surface area contributed by atoms with Crippen molar-refractivity contribution < 1.29 is 18.0 Å². The van der Waals surface area contributed by atoms with Gasteiger partial charge in [-0.1, -0.05) is 12.8 Å². The molecule has 0 N–H and O–H groups in total. The van der Waals surface area contributed by atoms with Gasteiger partial charge in [0.05, 0.1) is 11.5 Å². The lowest BCUT2D eigenvalue weighted by Crippen LogP contribution is -2.53. The van der Waals surface area contributed by atoms with E-state index >= 15 is 0 Å². The summed E-state index contributed by atoms with van der Waals surface area (Å²) in [6.45, 7) is 1.62. The van der Waals surface area contributed by atoms with Crippen LogP contribution in [0.3, 0.4) is 0 Å². The summed E-state index contributed by atoms with van der Waals surface area (Å²) in [6, 6.07) is 5.45. The summed E-state index contributed by atoms with van der Waals surface area (Å²) in [5.41, 5.74) is 0.455. The zero-order valence-corrected chi connectivity index (χ0v) is 14.4. The Hall–Kier alpha value is -2.30. The molecule has 2 atom stereocenters. The molecule has 0 aromatic carbocycles. The highest BCUT2D eigenvalue weighted by molar-refractivity contribution is 5.79.